The quantitative estimate of drug-likeness (QED) is 0.556. The SMILES string of the molecule is CC(Cc1ccc(OCCn2c(C(C)C)nc(-c3ccccc3)cc2=O)cc1)C(=O)O. The Labute approximate surface area is 182 Å². The number of nitrogens with zero attached hydrogens (tertiary/aromatic N) is 2. The zero-order valence-electron chi connectivity index (χ0n) is 18.1. The van der Waals surface area contributed by atoms with Crippen molar-refractivity contribution in [3.05, 3.63) is 82.4 Å². The molecule has 31 heavy (non-hydrogen) atoms. The smallest absolute Gasteiger partial charge is 0.306 e. The monoisotopic (exact) mass is 420 g/mol. The van der Waals surface area contributed by atoms with E-state index in [-0.39, 0.29) is 11.5 Å². The number of rotatable bonds is 9. The molecular weight excluding hydrogens is 392 g/mol. The van der Waals surface area contributed by atoms with Crippen LogP contribution >= 0.6 is 0 Å². The Kier molecular flexibility index (Phi) is 7.23. The lowest BCUT2D eigenvalue weighted by molar-refractivity contribution is -0.141. The van der Waals surface area contributed by atoms with E-state index in [9.17, 15) is 9.59 Å². The number of carboxylic acids is 1. The van der Waals surface area contributed by atoms with Gasteiger partial charge in [-0.15, -0.1) is 0 Å². The summed E-state index contributed by atoms with van der Waals surface area (Å²) in [7, 11) is 0. The van der Waals surface area contributed by atoms with Gasteiger partial charge in [-0.1, -0.05) is 63.2 Å². The molecule has 0 spiro atoms. The average molecular weight is 421 g/mol. The van der Waals surface area contributed by atoms with Crippen molar-refractivity contribution in [2.45, 2.75) is 39.7 Å². The Morgan fingerprint density at radius 1 is 1.06 bits per heavy atom. The molecule has 0 radical (unpaired) electrons. The second kappa shape index (κ2) is 10.1. The van der Waals surface area contributed by atoms with E-state index in [1.54, 1.807) is 17.6 Å². The first kappa shape index (κ1) is 22.3. The van der Waals surface area contributed by atoms with E-state index < -0.39 is 11.9 Å². The number of aromatic nitrogens is 2. The maximum atomic E-state index is 12.8. The van der Waals surface area contributed by atoms with E-state index in [2.05, 4.69) is 0 Å². The molecule has 162 valence electrons. The molecule has 0 bridgehead atoms. The van der Waals surface area contributed by atoms with Crippen molar-refractivity contribution in [1.29, 1.82) is 0 Å². The fraction of sp³-hybridized carbons (Fsp3) is 0.320. The summed E-state index contributed by atoms with van der Waals surface area (Å²) in [5.41, 5.74) is 2.44. The van der Waals surface area contributed by atoms with Crippen molar-refractivity contribution < 1.29 is 14.6 Å². The predicted molar refractivity (Wildman–Crippen MR) is 120 cm³/mol. The van der Waals surface area contributed by atoms with Crippen LogP contribution in [0.15, 0.2) is 65.5 Å². The molecule has 0 aliphatic rings. The minimum atomic E-state index is -0.807. The van der Waals surface area contributed by atoms with Crippen molar-refractivity contribution in [3.8, 4) is 17.0 Å². The number of aliphatic carboxylic acids is 1. The van der Waals surface area contributed by atoms with Crippen LogP contribution < -0.4 is 10.3 Å². The van der Waals surface area contributed by atoms with Gasteiger partial charge in [0.2, 0.25) is 0 Å². The number of benzene rings is 2. The van der Waals surface area contributed by atoms with Crippen LogP contribution in [0.5, 0.6) is 5.75 Å². The standard InChI is InChI=1S/C25H28N2O4/c1-17(2)24-26-22(20-7-5-4-6-8-20)16-23(28)27(24)13-14-31-21-11-9-19(10-12-21)15-18(3)25(29)30/h4-12,16-18H,13-15H2,1-3H3,(H,29,30). The zero-order valence-corrected chi connectivity index (χ0v) is 18.1. The molecule has 0 saturated carbocycles. The van der Waals surface area contributed by atoms with Gasteiger partial charge in [0.15, 0.2) is 0 Å². The van der Waals surface area contributed by atoms with E-state index in [1.165, 1.54) is 0 Å². The Morgan fingerprint density at radius 3 is 2.35 bits per heavy atom. The predicted octanol–water partition coefficient (Wildman–Crippen LogP) is 4.38. The minimum absolute atomic E-state index is 0.0897. The number of carbonyl (C=O) groups is 1. The second-order valence-corrected chi connectivity index (χ2v) is 7.95. The Bertz CT molecular complexity index is 1070. The highest BCUT2D eigenvalue weighted by Crippen LogP contribution is 2.19. The first-order valence-electron chi connectivity index (χ1n) is 10.5. The van der Waals surface area contributed by atoms with E-state index in [4.69, 9.17) is 14.8 Å². The molecule has 0 aliphatic heterocycles. The van der Waals surface area contributed by atoms with Gasteiger partial charge in [-0.25, -0.2) is 4.98 Å². The van der Waals surface area contributed by atoms with Gasteiger partial charge in [-0.05, 0) is 24.1 Å². The number of ether oxygens (including phenoxy) is 1. The molecule has 3 aromatic rings. The molecule has 6 nitrogen and oxygen atoms in total. The van der Waals surface area contributed by atoms with Crippen LogP contribution in [0.4, 0.5) is 0 Å². The largest absolute Gasteiger partial charge is 0.492 e. The highest BCUT2D eigenvalue weighted by molar-refractivity contribution is 5.69. The molecule has 1 heterocycles. The van der Waals surface area contributed by atoms with Crippen molar-refractivity contribution in [3.63, 3.8) is 0 Å². The molecule has 0 amide bonds. The van der Waals surface area contributed by atoms with Crippen LogP contribution in [0, 0.1) is 5.92 Å². The minimum Gasteiger partial charge on any atom is -0.492 e. The summed E-state index contributed by atoms with van der Waals surface area (Å²) in [6.07, 6.45) is 0.474. The number of hydrogen-bond donors (Lipinski definition) is 1. The van der Waals surface area contributed by atoms with Crippen LogP contribution in [0.3, 0.4) is 0 Å². The third-order valence-electron chi connectivity index (χ3n) is 5.09. The Balaban J connectivity index is 1.69. The van der Waals surface area contributed by atoms with E-state index in [1.807, 2.05) is 68.4 Å². The Morgan fingerprint density at radius 2 is 1.74 bits per heavy atom. The molecule has 1 unspecified atom stereocenters. The summed E-state index contributed by atoms with van der Waals surface area (Å²) < 4.78 is 7.48. The topological polar surface area (TPSA) is 81.4 Å². The first-order valence-corrected chi connectivity index (χ1v) is 10.5. The van der Waals surface area contributed by atoms with Crippen molar-refractivity contribution in [2.24, 2.45) is 5.92 Å². The van der Waals surface area contributed by atoms with Crippen molar-refractivity contribution >= 4 is 5.97 Å². The molecular formula is C25H28N2O4. The van der Waals surface area contributed by atoms with Crippen LogP contribution in [-0.2, 0) is 17.8 Å². The molecule has 1 aromatic heterocycles. The van der Waals surface area contributed by atoms with Crippen LogP contribution in [0.1, 0.15) is 38.1 Å². The molecule has 0 fully saturated rings. The van der Waals surface area contributed by atoms with Gasteiger partial charge in [0.25, 0.3) is 5.56 Å². The molecule has 0 saturated heterocycles. The molecule has 1 atom stereocenters. The lowest BCUT2D eigenvalue weighted by Gasteiger charge is -2.16. The average Bonchev–Trinajstić information content (AvgIpc) is 2.76. The molecule has 0 aliphatic carbocycles. The maximum absolute atomic E-state index is 12.8. The maximum Gasteiger partial charge on any atom is 0.306 e. The molecule has 6 heteroatoms. The van der Waals surface area contributed by atoms with E-state index in [0.717, 1.165) is 17.0 Å². The van der Waals surface area contributed by atoms with Gasteiger partial charge in [0.05, 0.1) is 18.2 Å². The number of carboxylic acid groups (broad SMARTS) is 1. The van der Waals surface area contributed by atoms with Gasteiger partial charge in [-0.3, -0.25) is 14.2 Å². The lowest BCUT2D eigenvalue weighted by Crippen LogP contribution is -2.28. The van der Waals surface area contributed by atoms with Gasteiger partial charge in [-0.2, -0.15) is 0 Å². The van der Waals surface area contributed by atoms with Crippen LogP contribution in [0.25, 0.3) is 11.3 Å². The van der Waals surface area contributed by atoms with Crippen LogP contribution in [0.2, 0.25) is 0 Å². The number of hydrogen-bond acceptors (Lipinski definition) is 4. The third-order valence-corrected chi connectivity index (χ3v) is 5.09. The van der Waals surface area contributed by atoms with E-state index in [0.29, 0.717) is 31.0 Å². The lowest BCUT2D eigenvalue weighted by atomic mass is 10.0. The first-order chi connectivity index (χ1) is 14.8. The zero-order chi connectivity index (χ0) is 22.4. The highest BCUT2D eigenvalue weighted by Gasteiger charge is 2.14. The van der Waals surface area contributed by atoms with E-state index >= 15 is 0 Å². The molecule has 3 rings (SSSR count). The summed E-state index contributed by atoms with van der Waals surface area (Å²) in [4.78, 5) is 28.5. The molecule has 1 N–H and O–H groups in total. The second-order valence-electron chi connectivity index (χ2n) is 7.95. The fourth-order valence-corrected chi connectivity index (χ4v) is 3.36. The summed E-state index contributed by atoms with van der Waals surface area (Å²) in [5.74, 6) is 0.262. The van der Waals surface area contributed by atoms with Gasteiger partial charge in [0, 0.05) is 17.5 Å². The third kappa shape index (κ3) is 5.81. The summed E-state index contributed by atoms with van der Waals surface area (Å²) in [6.45, 7) is 6.45. The summed E-state index contributed by atoms with van der Waals surface area (Å²) in [5, 5.41) is 9.03. The summed E-state index contributed by atoms with van der Waals surface area (Å²) in [6, 6.07) is 18.6. The fourth-order valence-electron chi connectivity index (χ4n) is 3.36. The van der Waals surface area contributed by atoms with Crippen LogP contribution in [-0.4, -0.2) is 27.2 Å². The van der Waals surface area contributed by atoms with Gasteiger partial charge in [0.1, 0.15) is 18.2 Å². The van der Waals surface area contributed by atoms with Gasteiger partial charge >= 0.3 is 5.97 Å². The Hall–Kier alpha value is -3.41. The van der Waals surface area contributed by atoms with Gasteiger partial charge < -0.3 is 9.84 Å². The van der Waals surface area contributed by atoms with Crippen molar-refractivity contribution in [1.82, 2.24) is 9.55 Å². The van der Waals surface area contributed by atoms with Crippen molar-refractivity contribution in [2.75, 3.05) is 6.61 Å². The summed E-state index contributed by atoms with van der Waals surface area (Å²) >= 11 is 0. The highest BCUT2D eigenvalue weighted by atomic mass is 16.5. The normalized spacial score (nSPS) is 12.0. The molecule has 2 aromatic carbocycles.